The second-order valence-electron chi connectivity index (χ2n) is 4.09. The van der Waals surface area contributed by atoms with Crippen LogP contribution in [0.5, 0.6) is 0 Å². The van der Waals surface area contributed by atoms with Gasteiger partial charge in [0.2, 0.25) is 0 Å². The maximum atomic E-state index is 12.1. The molecular formula is C11H15N3O3S. The van der Waals surface area contributed by atoms with Gasteiger partial charge >= 0.3 is 0 Å². The van der Waals surface area contributed by atoms with Crippen molar-refractivity contribution in [3.8, 4) is 0 Å². The van der Waals surface area contributed by atoms with Crippen molar-refractivity contribution in [3.63, 3.8) is 0 Å². The lowest BCUT2D eigenvalue weighted by Crippen LogP contribution is -2.39. The summed E-state index contributed by atoms with van der Waals surface area (Å²) in [6.07, 6.45) is 1.35. The van der Waals surface area contributed by atoms with Crippen LogP contribution in [-0.2, 0) is 11.3 Å². The molecule has 0 radical (unpaired) electrons. The molecule has 0 spiro atoms. The molecule has 1 unspecified atom stereocenters. The van der Waals surface area contributed by atoms with E-state index in [1.165, 1.54) is 18.0 Å². The maximum Gasteiger partial charge on any atom is 0.267 e. The zero-order valence-corrected chi connectivity index (χ0v) is 11.1. The number of thioether (sulfide) groups is 1. The molecule has 98 valence electrons. The van der Waals surface area contributed by atoms with Gasteiger partial charge in [-0.25, -0.2) is 4.98 Å². The minimum Gasteiger partial charge on any atom is -0.383 e. The molecule has 1 aliphatic heterocycles. The summed E-state index contributed by atoms with van der Waals surface area (Å²) < 4.78 is 6.47. The molecule has 0 fully saturated rings. The summed E-state index contributed by atoms with van der Waals surface area (Å²) in [5, 5.41) is 3.39. The minimum absolute atomic E-state index is 0.0872. The van der Waals surface area contributed by atoms with Crippen LogP contribution in [0.3, 0.4) is 0 Å². The average molecular weight is 269 g/mol. The van der Waals surface area contributed by atoms with E-state index in [1.54, 1.807) is 11.7 Å². The molecule has 1 amide bonds. The van der Waals surface area contributed by atoms with E-state index in [-0.39, 0.29) is 17.2 Å². The van der Waals surface area contributed by atoms with Crippen LogP contribution in [0.4, 0.5) is 0 Å². The van der Waals surface area contributed by atoms with Gasteiger partial charge in [0.25, 0.3) is 11.5 Å². The Hall–Kier alpha value is -1.34. The predicted molar refractivity (Wildman–Crippen MR) is 68.0 cm³/mol. The highest BCUT2D eigenvalue weighted by Gasteiger charge is 2.20. The van der Waals surface area contributed by atoms with Gasteiger partial charge in [-0.1, -0.05) is 11.8 Å². The monoisotopic (exact) mass is 269 g/mol. The van der Waals surface area contributed by atoms with Crippen molar-refractivity contribution >= 4 is 17.7 Å². The standard InChI is InChI=1S/C11H15N3O3S/c1-7(6-17-2)13-9(15)8-5-12-11-14(10(8)16)3-4-18-11/h5,7H,3-4,6H2,1-2H3,(H,13,15). The zero-order valence-electron chi connectivity index (χ0n) is 10.3. The Kier molecular flexibility index (Phi) is 4.03. The first-order valence-electron chi connectivity index (χ1n) is 5.66. The molecule has 1 N–H and O–H groups in total. The molecule has 1 atom stereocenters. The number of carbonyl (C=O) groups excluding carboxylic acids is 1. The highest BCUT2D eigenvalue weighted by atomic mass is 32.2. The number of aromatic nitrogens is 2. The van der Waals surface area contributed by atoms with Crippen molar-refractivity contribution in [1.82, 2.24) is 14.9 Å². The van der Waals surface area contributed by atoms with Crippen LogP contribution in [0.25, 0.3) is 0 Å². The van der Waals surface area contributed by atoms with Gasteiger partial charge < -0.3 is 10.1 Å². The first-order chi connectivity index (χ1) is 8.63. The van der Waals surface area contributed by atoms with Crippen LogP contribution in [0.15, 0.2) is 16.1 Å². The molecule has 18 heavy (non-hydrogen) atoms. The number of fused-ring (bicyclic) bond motifs is 1. The van der Waals surface area contributed by atoms with E-state index in [0.29, 0.717) is 18.3 Å². The van der Waals surface area contributed by atoms with Crippen molar-refractivity contribution in [1.29, 1.82) is 0 Å². The van der Waals surface area contributed by atoms with Crippen molar-refractivity contribution < 1.29 is 9.53 Å². The fourth-order valence-corrected chi connectivity index (χ4v) is 2.68. The van der Waals surface area contributed by atoms with Gasteiger partial charge in [0.05, 0.1) is 6.61 Å². The third kappa shape index (κ3) is 2.56. The molecule has 0 aliphatic carbocycles. The lowest BCUT2D eigenvalue weighted by Gasteiger charge is -2.12. The molecule has 0 bridgehead atoms. The van der Waals surface area contributed by atoms with Gasteiger partial charge in [0, 0.05) is 31.6 Å². The molecule has 6 nitrogen and oxygen atoms in total. The molecule has 2 rings (SSSR count). The molecule has 7 heteroatoms. The fourth-order valence-electron chi connectivity index (χ4n) is 1.77. The molecule has 1 aromatic heterocycles. The quantitative estimate of drug-likeness (QED) is 0.786. The Morgan fingerprint density at radius 3 is 3.22 bits per heavy atom. The normalized spacial score (nSPS) is 15.2. The number of nitrogens with zero attached hydrogens (tertiary/aromatic N) is 2. The van der Waals surface area contributed by atoms with Crippen LogP contribution in [0.1, 0.15) is 17.3 Å². The highest BCUT2D eigenvalue weighted by molar-refractivity contribution is 7.99. The molecule has 1 aliphatic rings. The molecule has 2 heterocycles. The SMILES string of the molecule is COCC(C)NC(=O)c1cnc2n(c1=O)CCS2. The fraction of sp³-hybridized carbons (Fsp3) is 0.545. The van der Waals surface area contributed by atoms with Gasteiger partial charge in [0.15, 0.2) is 5.16 Å². The summed E-state index contributed by atoms with van der Waals surface area (Å²) in [6, 6.07) is -0.144. The third-order valence-electron chi connectivity index (χ3n) is 2.60. The van der Waals surface area contributed by atoms with E-state index in [2.05, 4.69) is 10.3 Å². The van der Waals surface area contributed by atoms with Gasteiger partial charge in [-0.3, -0.25) is 14.2 Å². The van der Waals surface area contributed by atoms with Gasteiger partial charge in [0.1, 0.15) is 5.56 Å². The molecule has 0 saturated carbocycles. The molecule has 0 saturated heterocycles. The summed E-state index contributed by atoms with van der Waals surface area (Å²) >= 11 is 1.52. The van der Waals surface area contributed by atoms with Crippen molar-refractivity contribution in [2.45, 2.75) is 24.7 Å². The number of hydrogen-bond donors (Lipinski definition) is 1. The smallest absolute Gasteiger partial charge is 0.267 e. The van der Waals surface area contributed by atoms with E-state index in [0.717, 1.165) is 5.75 Å². The Morgan fingerprint density at radius 2 is 2.50 bits per heavy atom. The second kappa shape index (κ2) is 5.53. The summed E-state index contributed by atoms with van der Waals surface area (Å²) in [4.78, 5) is 28.1. The van der Waals surface area contributed by atoms with Crippen LogP contribution < -0.4 is 10.9 Å². The first kappa shape index (κ1) is 13.1. The van der Waals surface area contributed by atoms with E-state index in [9.17, 15) is 9.59 Å². The average Bonchev–Trinajstić information content (AvgIpc) is 2.78. The molecule has 0 aromatic carbocycles. The maximum absolute atomic E-state index is 12.1. The Bertz CT molecular complexity index is 515. The summed E-state index contributed by atoms with van der Waals surface area (Å²) in [5.41, 5.74) is -0.184. The van der Waals surface area contributed by atoms with E-state index in [1.807, 2.05) is 6.92 Å². The number of hydrogen-bond acceptors (Lipinski definition) is 5. The predicted octanol–water partition coefficient (Wildman–Crippen LogP) is 0.114. The zero-order chi connectivity index (χ0) is 13.1. The number of ether oxygens (including phenoxy) is 1. The third-order valence-corrected chi connectivity index (χ3v) is 3.57. The first-order valence-corrected chi connectivity index (χ1v) is 6.64. The summed E-state index contributed by atoms with van der Waals surface area (Å²) in [7, 11) is 1.56. The summed E-state index contributed by atoms with van der Waals surface area (Å²) in [5.74, 6) is 0.428. The second-order valence-corrected chi connectivity index (χ2v) is 5.15. The lowest BCUT2D eigenvalue weighted by atomic mass is 10.2. The Morgan fingerprint density at radius 1 is 1.72 bits per heavy atom. The Labute approximate surface area is 109 Å². The van der Waals surface area contributed by atoms with Gasteiger partial charge in [-0.05, 0) is 6.92 Å². The van der Waals surface area contributed by atoms with E-state index in [4.69, 9.17) is 4.74 Å². The van der Waals surface area contributed by atoms with Gasteiger partial charge in [-0.2, -0.15) is 0 Å². The highest BCUT2D eigenvalue weighted by Crippen LogP contribution is 2.20. The van der Waals surface area contributed by atoms with Crippen LogP contribution in [0, 0.1) is 0 Å². The van der Waals surface area contributed by atoms with Crippen molar-refractivity contribution in [2.75, 3.05) is 19.5 Å². The van der Waals surface area contributed by atoms with Crippen LogP contribution in [0.2, 0.25) is 0 Å². The number of rotatable bonds is 4. The number of amides is 1. The topological polar surface area (TPSA) is 73.2 Å². The number of nitrogens with one attached hydrogen (secondary N) is 1. The summed E-state index contributed by atoms with van der Waals surface area (Å²) in [6.45, 7) is 2.83. The molecule has 1 aromatic rings. The Balaban J connectivity index is 2.19. The number of methoxy groups -OCH3 is 1. The van der Waals surface area contributed by atoms with Crippen LogP contribution >= 0.6 is 11.8 Å². The van der Waals surface area contributed by atoms with E-state index < -0.39 is 5.91 Å². The van der Waals surface area contributed by atoms with Crippen molar-refractivity contribution in [2.24, 2.45) is 0 Å². The molecular weight excluding hydrogens is 254 g/mol. The minimum atomic E-state index is -0.399. The van der Waals surface area contributed by atoms with Crippen LogP contribution in [-0.4, -0.2) is 41.0 Å². The van der Waals surface area contributed by atoms with E-state index >= 15 is 0 Å². The number of carbonyl (C=O) groups is 1. The lowest BCUT2D eigenvalue weighted by molar-refractivity contribution is 0.0902. The van der Waals surface area contributed by atoms with Crippen molar-refractivity contribution in [3.05, 3.63) is 22.1 Å². The van der Waals surface area contributed by atoms with Gasteiger partial charge in [-0.15, -0.1) is 0 Å². The largest absolute Gasteiger partial charge is 0.383 e.